The number of fused-ring (bicyclic) bond motifs is 1. The molecule has 8 heteroatoms. The van der Waals surface area contributed by atoms with Gasteiger partial charge in [0, 0.05) is 44.1 Å². The monoisotopic (exact) mass is 492 g/mol. The summed E-state index contributed by atoms with van der Waals surface area (Å²) >= 11 is 1.43. The van der Waals surface area contributed by atoms with E-state index in [0.29, 0.717) is 60.3 Å². The number of anilines is 3. The van der Waals surface area contributed by atoms with Crippen LogP contribution in [0.25, 0.3) is 0 Å². The van der Waals surface area contributed by atoms with Crippen LogP contribution in [0, 0.1) is 23.6 Å². The van der Waals surface area contributed by atoms with Crippen LogP contribution >= 0.6 is 11.3 Å². The highest BCUT2D eigenvalue weighted by molar-refractivity contribution is 7.12. The largest absolute Gasteiger partial charge is 0.378 e. The van der Waals surface area contributed by atoms with Gasteiger partial charge >= 0.3 is 0 Å². The smallest absolute Gasteiger partial charge is 0.268 e. The van der Waals surface area contributed by atoms with Gasteiger partial charge in [0.1, 0.15) is 11.6 Å². The highest BCUT2D eigenvalue weighted by Gasteiger charge is 2.59. The first kappa shape index (κ1) is 22.5. The van der Waals surface area contributed by atoms with Crippen LogP contribution in [-0.4, -0.2) is 56.3 Å². The Balaban J connectivity index is 1.25. The van der Waals surface area contributed by atoms with E-state index in [0.717, 1.165) is 18.9 Å². The fourth-order valence-corrected chi connectivity index (χ4v) is 6.61. The number of amides is 1. The molecule has 0 N–H and O–H groups in total. The van der Waals surface area contributed by atoms with Gasteiger partial charge in [-0.2, -0.15) is 0 Å². The average Bonchev–Trinajstić information content (AvgIpc) is 3.26. The van der Waals surface area contributed by atoms with Crippen LogP contribution in [0.3, 0.4) is 0 Å². The van der Waals surface area contributed by atoms with Crippen molar-refractivity contribution in [3.8, 4) is 0 Å². The summed E-state index contributed by atoms with van der Waals surface area (Å²) in [6.45, 7) is 6.55. The Hall–Kier alpha value is -2.97. The van der Waals surface area contributed by atoms with E-state index >= 15 is 4.39 Å². The van der Waals surface area contributed by atoms with Crippen molar-refractivity contribution < 1.29 is 13.9 Å². The van der Waals surface area contributed by atoms with E-state index in [-0.39, 0.29) is 17.8 Å². The van der Waals surface area contributed by atoms with Crippen molar-refractivity contribution in [2.45, 2.75) is 13.0 Å². The van der Waals surface area contributed by atoms with Crippen LogP contribution in [0.5, 0.6) is 0 Å². The van der Waals surface area contributed by atoms with Gasteiger partial charge in [-0.1, -0.05) is 12.1 Å². The normalized spacial score (nSPS) is 24.2. The van der Waals surface area contributed by atoms with Crippen LogP contribution in [0.15, 0.2) is 60.1 Å². The van der Waals surface area contributed by atoms with E-state index in [1.807, 2.05) is 57.8 Å². The highest BCUT2D eigenvalue weighted by Crippen LogP contribution is 2.55. The number of piperidine rings is 1. The number of rotatable bonds is 6. The van der Waals surface area contributed by atoms with Gasteiger partial charge in [0.05, 0.1) is 23.8 Å². The molecule has 1 aromatic carbocycles. The zero-order valence-electron chi connectivity index (χ0n) is 19.7. The van der Waals surface area contributed by atoms with Crippen molar-refractivity contribution in [2.24, 2.45) is 17.8 Å². The van der Waals surface area contributed by atoms with E-state index < -0.39 is 0 Å². The maximum atomic E-state index is 15.3. The molecule has 0 radical (unpaired) electrons. The summed E-state index contributed by atoms with van der Waals surface area (Å²) < 4.78 is 20.7. The number of nitrogens with zero attached hydrogens (tertiary/aromatic N) is 4. The third-order valence-corrected chi connectivity index (χ3v) is 8.57. The Labute approximate surface area is 208 Å². The van der Waals surface area contributed by atoms with Gasteiger partial charge in [0.25, 0.3) is 5.91 Å². The summed E-state index contributed by atoms with van der Waals surface area (Å²) in [7, 11) is 0. The molecule has 2 saturated heterocycles. The summed E-state index contributed by atoms with van der Waals surface area (Å²) in [5, 5.41) is 1.91. The molecular formula is C27H29FN4O2S. The Bertz CT molecular complexity index is 1170. The molecule has 3 fully saturated rings. The third kappa shape index (κ3) is 4.19. The number of hydrogen-bond donors (Lipinski definition) is 0. The molecule has 0 spiro atoms. The van der Waals surface area contributed by atoms with Crippen molar-refractivity contribution in [1.82, 2.24) is 4.98 Å². The minimum absolute atomic E-state index is 0.0286. The molecule has 3 unspecified atom stereocenters. The molecular weight excluding hydrogens is 463 g/mol. The zero-order chi connectivity index (χ0) is 23.9. The quantitative estimate of drug-likeness (QED) is 0.506. The van der Waals surface area contributed by atoms with Gasteiger partial charge in [0.15, 0.2) is 0 Å². The molecule has 3 atom stereocenters. The number of aromatic nitrogens is 1. The second-order valence-electron chi connectivity index (χ2n) is 9.63. The lowest BCUT2D eigenvalue weighted by atomic mass is 10.1. The minimum atomic E-state index is -0.294. The predicted molar refractivity (Wildman–Crippen MR) is 137 cm³/mol. The van der Waals surface area contributed by atoms with E-state index in [1.165, 1.54) is 17.4 Å². The third-order valence-electron chi connectivity index (χ3n) is 7.71. The maximum Gasteiger partial charge on any atom is 0.268 e. The van der Waals surface area contributed by atoms with Gasteiger partial charge < -0.3 is 19.4 Å². The van der Waals surface area contributed by atoms with Crippen molar-refractivity contribution in [2.75, 3.05) is 54.1 Å². The highest BCUT2D eigenvalue weighted by atomic mass is 32.1. The van der Waals surface area contributed by atoms with E-state index in [9.17, 15) is 4.79 Å². The van der Waals surface area contributed by atoms with Gasteiger partial charge in [-0.05, 0) is 66.5 Å². The van der Waals surface area contributed by atoms with Crippen molar-refractivity contribution >= 4 is 34.4 Å². The first-order valence-electron chi connectivity index (χ1n) is 12.3. The van der Waals surface area contributed by atoms with Gasteiger partial charge in [-0.25, -0.2) is 9.37 Å². The van der Waals surface area contributed by atoms with Crippen molar-refractivity contribution in [1.29, 1.82) is 0 Å². The van der Waals surface area contributed by atoms with Crippen LogP contribution in [0.2, 0.25) is 0 Å². The van der Waals surface area contributed by atoms with Crippen LogP contribution in [0.4, 0.5) is 21.6 Å². The Morgan fingerprint density at radius 2 is 1.91 bits per heavy atom. The number of hydrogen-bond acceptors (Lipinski definition) is 6. The first-order valence-corrected chi connectivity index (χ1v) is 13.1. The summed E-state index contributed by atoms with van der Waals surface area (Å²) in [6, 6.07) is 15.0. The number of ether oxygens (including phenoxy) is 1. The summed E-state index contributed by atoms with van der Waals surface area (Å²) in [6.07, 6.45) is 1.83. The second kappa shape index (κ2) is 9.24. The second-order valence-corrected chi connectivity index (χ2v) is 10.6. The number of pyridine rings is 1. The lowest BCUT2D eigenvalue weighted by Gasteiger charge is -2.33. The molecule has 182 valence electrons. The molecule has 3 aromatic rings. The Kier molecular flexibility index (Phi) is 5.94. The van der Waals surface area contributed by atoms with Crippen LogP contribution < -0.4 is 14.7 Å². The number of thiophene rings is 1. The minimum Gasteiger partial charge on any atom is -0.378 e. The number of morpholine rings is 1. The molecule has 3 aliphatic rings. The van der Waals surface area contributed by atoms with E-state index in [1.54, 1.807) is 0 Å². The summed E-state index contributed by atoms with van der Waals surface area (Å²) in [5.41, 5.74) is 1.19. The molecule has 4 heterocycles. The zero-order valence-corrected chi connectivity index (χ0v) is 20.5. The topological polar surface area (TPSA) is 48.9 Å². The van der Waals surface area contributed by atoms with E-state index in [2.05, 4.69) is 22.9 Å². The predicted octanol–water partition coefficient (Wildman–Crippen LogP) is 4.54. The maximum absolute atomic E-state index is 15.3. The molecule has 6 nitrogen and oxygen atoms in total. The molecule has 2 aliphatic heterocycles. The van der Waals surface area contributed by atoms with Crippen LogP contribution in [-0.2, 0) is 4.74 Å². The summed E-state index contributed by atoms with van der Waals surface area (Å²) in [4.78, 5) is 25.0. The van der Waals surface area contributed by atoms with Gasteiger partial charge in [0.2, 0.25) is 0 Å². The van der Waals surface area contributed by atoms with Crippen LogP contribution in [0.1, 0.15) is 16.6 Å². The van der Waals surface area contributed by atoms with Crippen molar-refractivity contribution in [3.05, 3.63) is 70.8 Å². The molecule has 1 saturated carbocycles. The lowest BCUT2D eigenvalue weighted by Crippen LogP contribution is -2.42. The average molecular weight is 493 g/mol. The number of halogens is 1. The number of carbonyl (C=O) groups is 1. The Morgan fingerprint density at radius 3 is 2.57 bits per heavy atom. The van der Waals surface area contributed by atoms with Gasteiger partial charge in [-0.3, -0.25) is 4.79 Å². The molecule has 2 aromatic heterocycles. The van der Waals surface area contributed by atoms with Gasteiger partial charge in [-0.15, -0.1) is 11.3 Å². The summed E-state index contributed by atoms with van der Waals surface area (Å²) in [5.74, 6) is 2.08. The number of benzene rings is 1. The molecule has 6 rings (SSSR count). The standard InChI is InChI=1S/C27H29FN4O2S/c1-18(26-20-16-31(17-21(20)26)25-6-2-3-9-29-25)32(27(33)24-5-4-14-35-24)19-7-8-23(22(28)15-19)30-10-12-34-13-11-30/h2-9,14-15,18,20-21,26H,10-13,16-17H2,1H3. The Morgan fingerprint density at radius 1 is 1.11 bits per heavy atom. The molecule has 1 amide bonds. The van der Waals surface area contributed by atoms with E-state index in [4.69, 9.17) is 4.74 Å². The molecule has 0 bridgehead atoms. The SMILES string of the molecule is CC(C1C2CN(c3ccccn3)CC21)N(C(=O)c1cccs1)c1ccc(N2CCOCC2)c(F)c1. The van der Waals surface area contributed by atoms with Crippen molar-refractivity contribution in [3.63, 3.8) is 0 Å². The number of carbonyl (C=O) groups excluding carboxylic acids is 1. The molecule has 35 heavy (non-hydrogen) atoms. The molecule has 1 aliphatic carbocycles. The fourth-order valence-electron chi connectivity index (χ4n) is 5.95. The lowest BCUT2D eigenvalue weighted by molar-refractivity contribution is 0.0978. The fraction of sp³-hybridized carbons (Fsp3) is 0.407. The first-order chi connectivity index (χ1) is 17.1.